The number of amides is 1. The van der Waals surface area contributed by atoms with E-state index < -0.39 is 0 Å². The summed E-state index contributed by atoms with van der Waals surface area (Å²) in [6, 6.07) is 4.96. The lowest BCUT2D eigenvalue weighted by molar-refractivity contribution is -0.122. The molecule has 0 bridgehead atoms. The van der Waals surface area contributed by atoms with Crippen LogP contribution in [0.2, 0.25) is 0 Å². The van der Waals surface area contributed by atoms with E-state index in [1.807, 2.05) is 0 Å². The van der Waals surface area contributed by atoms with Gasteiger partial charge in [-0.15, -0.1) is 12.4 Å². The zero-order valence-corrected chi connectivity index (χ0v) is 16.2. The summed E-state index contributed by atoms with van der Waals surface area (Å²) in [5.74, 6) is 0.718. The molecule has 1 aliphatic rings. The molecular formula is C19H26ClFN4O2. The van der Waals surface area contributed by atoms with Crippen LogP contribution in [-0.2, 0) is 11.2 Å². The van der Waals surface area contributed by atoms with E-state index in [4.69, 9.17) is 10.3 Å². The Labute approximate surface area is 164 Å². The number of nitrogens with one attached hydrogen (secondary N) is 1. The number of aryl methyl sites for hydroxylation is 2. The monoisotopic (exact) mass is 396 g/mol. The van der Waals surface area contributed by atoms with Gasteiger partial charge in [-0.05, 0) is 43.9 Å². The number of nitrogens with zero attached hydrogens (tertiary/aromatic N) is 2. The highest BCUT2D eigenvalue weighted by Crippen LogP contribution is 2.24. The quantitative estimate of drug-likeness (QED) is 0.782. The summed E-state index contributed by atoms with van der Waals surface area (Å²) in [4.78, 5) is 16.5. The first-order valence-corrected chi connectivity index (χ1v) is 9.15. The highest BCUT2D eigenvalue weighted by molar-refractivity contribution is 5.85. The van der Waals surface area contributed by atoms with Crippen molar-refractivity contribution in [3.8, 4) is 11.4 Å². The highest BCUT2D eigenvalue weighted by Gasteiger charge is 2.25. The van der Waals surface area contributed by atoms with Gasteiger partial charge < -0.3 is 15.6 Å². The maximum atomic E-state index is 13.7. The Hall–Kier alpha value is -1.99. The molecule has 1 aromatic carbocycles. The second kappa shape index (κ2) is 9.80. The fourth-order valence-electron chi connectivity index (χ4n) is 3.38. The Morgan fingerprint density at radius 1 is 1.37 bits per heavy atom. The van der Waals surface area contributed by atoms with Gasteiger partial charge in [0.25, 0.3) is 0 Å². The minimum atomic E-state index is -0.310. The Morgan fingerprint density at radius 3 is 2.89 bits per heavy atom. The van der Waals surface area contributed by atoms with E-state index in [1.165, 1.54) is 12.5 Å². The molecule has 1 heterocycles. The van der Waals surface area contributed by atoms with Gasteiger partial charge in [0.05, 0.1) is 0 Å². The molecule has 1 amide bonds. The molecule has 27 heavy (non-hydrogen) atoms. The maximum absolute atomic E-state index is 13.7. The van der Waals surface area contributed by atoms with Crippen molar-refractivity contribution in [2.45, 2.75) is 51.5 Å². The molecule has 1 saturated carbocycles. The third kappa shape index (κ3) is 5.49. The van der Waals surface area contributed by atoms with Crippen LogP contribution >= 0.6 is 12.4 Å². The molecular weight excluding hydrogens is 371 g/mol. The Bertz CT molecular complexity index is 768. The average molecular weight is 397 g/mol. The van der Waals surface area contributed by atoms with Gasteiger partial charge in [-0.2, -0.15) is 4.98 Å². The van der Waals surface area contributed by atoms with Gasteiger partial charge in [0, 0.05) is 24.4 Å². The first kappa shape index (κ1) is 21.3. The van der Waals surface area contributed by atoms with E-state index in [0.29, 0.717) is 41.7 Å². The van der Waals surface area contributed by atoms with Crippen molar-refractivity contribution in [1.82, 2.24) is 15.5 Å². The van der Waals surface area contributed by atoms with Gasteiger partial charge in [0.1, 0.15) is 5.82 Å². The standard InChI is InChI=1S/C19H25FN4O2.ClH/c1-12-6-7-13(10-15(12)20)19-23-18(26-24-19)9-8-17(25)22-16-5-3-2-4-14(16)11-21;/h6-7,10,14,16H,2-5,8-9,11,21H2,1H3,(H,22,25);1H. The average Bonchev–Trinajstić information content (AvgIpc) is 3.12. The number of hydrogen-bond acceptors (Lipinski definition) is 5. The zero-order chi connectivity index (χ0) is 18.5. The largest absolute Gasteiger partial charge is 0.353 e. The Kier molecular flexibility index (Phi) is 7.74. The minimum absolute atomic E-state index is 0. The van der Waals surface area contributed by atoms with E-state index in [2.05, 4.69) is 15.5 Å². The summed E-state index contributed by atoms with van der Waals surface area (Å²) in [7, 11) is 0. The second-order valence-corrected chi connectivity index (χ2v) is 6.93. The molecule has 3 N–H and O–H groups in total. The zero-order valence-electron chi connectivity index (χ0n) is 15.4. The van der Waals surface area contributed by atoms with E-state index in [9.17, 15) is 9.18 Å². The number of aromatic nitrogens is 2. The summed E-state index contributed by atoms with van der Waals surface area (Å²) < 4.78 is 18.8. The van der Waals surface area contributed by atoms with Gasteiger partial charge in [-0.1, -0.05) is 30.1 Å². The maximum Gasteiger partial charge on any atom is 0.227 e. The molecule has 8 heteroatoms. The van der Waals surface area contributed by atoms with Crippen molar-refractivity contribution in [2.24, 2.45) is 11.7 Å². The predicted octanol–water partition coefficient (Wildman–Crippen LogP) is 3.17. The fraction of sp³-hybridized carbons (Fsp3) is 0.526. The third-order valence-electron chi connectivity index (χ3n) is 5.02. The summed E-state index contributed by atoms with van der Waals surface area (Å²) in [6.45, 7) is 2.30. The van der Waals surface area contributed by atoms with Gasteiger partial charge in [-0.25, -0.2) is 4.39 Å². The van der Waals surface area contributed by atoms with Crippen molar-refractivity contribution < 1.29 is 13.7 Å². The molecule has 1 fully saturated rings. The fourth-order valence-corrected chi connectivity index (χ4v) is 3.38. The Balaban J connectivity index is 0.00000261. The number of rotatable bonds is 6. The molecule has 0 saturated heterocycles. The smallest absolute Gasteiger partial charge is 0.227 e. The molecule has 1 aromatic heterocycles. The van der Waals surface area contributed by atoms with E-state index in [0.717, 1.165) is 19.3 Å². The van der Waals surface area contributed by atoms with Crippen LogP contribution in [0.25, 0.3) is 11.4 Å². The first-order chi connectivity index (χ1) is 12.6. The number of hydrogen-bond donors (Lipinski definition) is 2. The summed E-state index contributed by atoms with van der Waals surface area (Å²) in [6.07, 6.45) is 4.99. The Morgan fingerprint density at radius 2 is 2.15 bits per heavy atom. The molecule has 148 valence electrons. The molecule has 1 aliphatic carbocycles. The van der Waals surface area contributed by atoms with Gasteiger partial charge >= 0.3 is 0 Å². The van der Waals surface area contributed by atoms with Crippen LogP contribution in [0, 0.1) is 18.7 Å². The molecule has 0 radical (unpaired) electrons. The second-order valence-electron chi connectivity index (χ2n) is 6.93. The lowest BCUT2D eigenvalue weighted by Crippen LogP contribution is -2.44. The van der Waals surface area contributed by atoms with Crippen molar-refractivity contribution in [3.05, 3.63) is 35.5 Å². The lowest BCUT2D eigenvalue weighted by atomic mass is 9.84. The van der Waals surface area contributed by atoms with Crippen molar-refractivity contribution in [3.63, 3.8) is 0 Å². The number of nitrogens with two attached hydrogens (primary N) is 1. The summed E-state index contributed by atoms with van der Waals surface area (Å²) in [5, 5.41) is 6.96. The number of carbonyl (C=O) groups is 1. The number of benzene rings is 1. The molecule has 2 atom stereocenters. The van der Waals surface area contributed by atoms with Crippen molar-refractivity contribution >= 4 is 18.3 Å². The van der Waals surface area contributed by atoms with Crippen LogP contribution in [0.15, 0.2) is 22.7 Å². The topological polar surface area (TPSA) is 94.0 Å². The van der Waals surface area contributed by atoms with Crippen LogP contribution in [0.3, 0.4) is 0 Å². The van der Waals surface area contributed by atoms with Crippen molar-refractivity contribution in [1.29, 1.82) is 0 Å². The third-order valence-corrected chi connectivity index (χ3v) is 5.02. The van der Waals surface area contributed by atoms with Crippen LogP contribution in [0.4, 0.5) is 4.39 Å². The SMILES string of the molecule is Cc1ccc(-c2noc(CCC(=O)NC3CCCCC3CN)n2)cc1F.Cl. The van der Waals surface area contributed by atoms with Crippen LogP contribution in [0.1, 0.15) is 43.6 Å². The van der Waals surface area contributed by atoms with Gasteiger partial charge in [0.2, 0.25) is 17.6 Å². The van der Waals surface area contributed by atoms with E-state index in [1.54, 1.807) is 19.1 Å². The lowest BCUT2D eigenvalue weighted by Gasteiger charge is -2.31. The van der Waals surface area contributed by atoms with Crippen LogP contribution < -0.4 is 11.1 Å². The minimum Gasteiger partial charge on any atom is -0.353 e. The molecule has 0 spiro atoms. The predicted molar refractivity (Wildman–Crippen MR) is 103 cm³/mol. The highest BCUT2D eigenvalue weighted by atomic mass is 35.5. The molecule has 2 unspecified atom stereocenters. The first-order valence-electron chi connectivity index (χ1n) is 9.15. The summed E-state index contributed by atoms with van der Waals surface area (Å²) in [5.41, 5.74) is 6.92. The van der Waals surface area contributed by atoms with Crippen molar-refractivity contribution in [2.75, 3.05) is 6.54 Å². The normalized spacial score (nSPS) is 19.4. The molecule has 6 nitrogen and oxygen atoms in total. The number of halogens is 2. The molecule has 0 aliphatic heterocycles. The summed E-state index contributed by atoms with van der Waals surface area (Å²) >= 11 is 0. The molecule has 3 rings (SSSR count). The van der Waals surface area contributed by atoms with E-state index in [-0.39, 0.29) is 36.6 Å². The van der Waals surface area contributed by atoms with Gasteiger partial charge in [0.15, 0.2) is 0 Å². The van der Waals surface area contributed by atoms with E-state index >= 15 is 0 Å². The van der Waals surface area contributed by atoms with Gasteiger partial charge in [-0.3, -0.25) is 4.79 Å². The van der Waals surface area contributed by atoms with Crippen LogP contribution in [-0.4, -0.2) is 28.6 Å². The van der Waals surface area contributed by atoms with Crippen LogP contribution in [0.5, 0.6) is 0 Å². The molecule has 2 aromatic rings. The number of carbonyl (C=O) groups excluding carboxylic acids is 1.